The minimum Gasteiger partial charge on any atom is -0.497 e. The second-order valence-corrected chi connectivity index (χ2v) is 5.70. The zero-order valence-corrected chi connectivity index (χ0v) is 14.4. The highest BCUT2D eigenvalue weighted by atomic mass is 16.5. The zero-order chi connectivity index (χ0) is 17.8. The summed E-state index contributed by atoms with van der Waals surface area (Å²) in [5, 5.41) is 8.03. The first kappa shape index (κ1) is 16.7. The van der Waals surface area contributed by atoms with Gasteiger partial charge in [0.25, 0.3) is 0 Å². The van der Waals surface area contributed by atoms with Gasteiger partial charge in [0, 0.05) is 0 Å². The number of carbonyl (C=O) groups is 1. The minimum atomic E-state index is -0.487. The number of esters is 1. The van der Waals surface area contributed by atoms with E-state index in [9.17, 15) is 4.79 Å². The Morgan fingerprint density at radius 3 is 2.56 bits per heavy atom. The second-order valence-electron chi connectivity index (χ2n) is 5.70. The number of nitrogens with zero attached hydrogens (tertiary/aromatic N) is 3. The molecule has 0 spiro atoms. The van der Waals surface area contributed by atoms with Crippen LogP contribution in [0.2, 0.25) is 0 Å². The van der Waals surface area contributed by atoms with Crippen molar-refractivity contribution in [1.29, 1.82) is 0 Å². The number of methoxy groups -OCH3 is 1. The summed E-state index contributed by atoms with van der Waals surface area (Å²) in [6, 6.07) is 15.2. The summed E-state index contributed by atoms with van der Waals surface area (Å²) in [7, 11) is 1.61. The molecular weight excluding hydrogens is 318 g/mol. The summed E-state index contributed by atoms with van der Waals surface area (Å²) in [6.45, 7) is 3.98. The van der Waals surface area contributed by atoms with Crippen LogP contribution in [0.4, 0.5) is 0 Å². The van der Waals surface area contributed by atoms with Crippen LogP contribution in [0.1, 0.15) is 27.3 Å². The monoisotopic (exact) mass is 337 g/mol. The summed E-state index contributed by atoms with van der Waals surface area (Å²) in [5.74, 6) is 0.262. The van der Waals surface area contributed by atoms with Crippen LogP contribution in [-0.2, 0) is 11.3 Å². The average Bonchev–Trinajstić information content (AvgIpc) is 3.01. The summed E-state index contributed by atoms with van der Waals surface area (Å²) in [4.78, 5) is 12.3. The number of ether oxygens (including phenoxy) is 2. The van der Waals surface area contributed by atoms with Crippen LogP contribution in [-0.4, -0.2) is 28.1 Å². The molecule has 6 heteroatoms. The minimum absolute atomic E-state index is 0.204. The van der Waals surface area contributed by atoms with Gasteiger partial charge in [-0.1, -0.05) is 35.0 Å². The highest BCUT2D eigenvalue weighted by molar-refractivity contribution is 5.88. The van der Waals surface area contributed by atoms with Crippen molar-refractivity contribution < 1.29 is 14.3 Å². The number of aryl methyl sites for hydroxylation is 1. The van der Waals surface area contributed by atoms with Gasteiger partial charge in [-0.05, 0) is 43.7 Å². The molecule has 0 saturated carbocycles. The summed E-state index contributed by atoms with van der Waals surface area (Å²) < 4.78 is 12.1. The molecule has 0 bridgehead atoms. The number of aromatic nitrogens is 3. The van der Waals surface area contributed by atoms with Gasteiger partial charge in [0.15, 0.2) is 5.69 Å². The first-order valence-electron chi connectivity index (χ1n) is 7.88. The van der Waals surface area contributed by atoms with Gasteiger partial charge < -0.3 is 9.47 Å². The van der Waals surface area contributed by atoms with E-state index in [1.165, 1.54) is 0 Å². The summed E-state index contributed by atoms with van der Waals surface area (Å²) in [5.41, 5.74) is 3.69. The van der Waals surface area contributed by atoms with Gasteiger partial charge in [0.2, 0.25) is 0 Å². The van der Waals surface area contributed by atoms with Crippen molar-refractivity contribution in [3.05, 3.63) is 71.0 Å². The van der Waals surface area contributed by atoms with E-state index >= 15 is 0 Å². The van der Waals surface area contributed by atoms with E-state index in [-0.39, 0.29) is 12.3 Å². The molecule has 6 nitrogen and oxygen atoms in total. The van der Waals surface area contributed by atoms with Gasteiger partial charge in [-0.25, -0.2) is 9.48 Å². The Kier molecular flexibility index (Phi) is 4.79. The largest absolute Gasteiger partial charge is 0.497 e. The lowest BCUT2D eigenvalue weighted by Gasteiger charge is -2.06. The molecule has 3 aromatic rings. The molecule has 128 valence electrons. The Morgan fingerprint density at radius 1 is 1.12 bits per heavy atom. The molecule has 0 aliphatic rings. The molecule has 0 aliphatic carbocycles. The molecule has 3 rings (SSSR count). The van der Waals surface area contributed by atoms with Crippen molar-refractivity contribution in [3.8, 4) is 11.4 Å². The fraction of sp³-hybridized carbons (Fsp3) is 0.211. The maximum absolute atomic E-state index is 12.3. The van der Waals surface area contributed by atoms with Crippen LogP contribution >= 0.6 is 0 Å². The van der Waals surface area contributed by atoms with Gasteiger partial charge >= 0.3 is 5.97 Å². The predicted octanol–water partition coefficient (Wildman–Crippen LogP) is 3.25. The highest BCUT2D eigenvalue weighted by Gasteiger charge is 2.19. The molecule has 2 aromatic carbocycles. The third kappa shape index (κ3) is 3.68. The van der Waals surface area contributed by atoms with Crippen molar-refractivity contribution in [2.24, 2.45) is 0 Å². The third-order valence-electron chi connectivity index (χ3n) is 3.86. The molecule has 0 atom stereocenters. The maximum atomic E-state index is 12.3. The van der Waals surface area contributed by atoms with Gasteiger partial charge in [-0.2, -0.15) is 0 Å². The Balaban J connectivity index is 1.74. The van der Waals surface area contributed by atoms with E-state index in [0.29, 0.717) is 5.69 Å². The molecule has 1 aromatic heterocycles. The van der Waals surface area contributed by atoms with Crippen LogP contribution in [0.3, 0.4) is 0 Å². The van der Waals surface area contributed by atoms with Gasteiger partial charge in [0.05, 0.1) is 18.5 Å². The highest BCUT2D eigenvalue weighted by Crippen LogP contribution is 2.17. The number of hydrogen-bond acceptors (Lipinski definition) is 5. The van der Waals surface area contributed by atoms with Crippen LogP contribution < -0.4 is 4.74 Å². The Hall–Kier alpha value is -3.15. The van der Waals surface area contributed by atoms with Crippen LogP contribution in [0.15, 0.2) is 48.5 Å². The number of benzene rings is 2. The van der Waals surface area contributed by atoms with Crippen molar-refractivity contribution in [2.75, 3.05) is 7.11 Å². The Labute approximate surface area is 146 Å². The number of carbonyl (C=O) groups excluding carboxylic acids is 1. The van der Waals surface area contributed by atoms with Gasteiger partial charge in [-0.15, -0.1) is 5.10 Å². The SMILES string of the molecule is COc1ccc(-n2nnc(C(=O)OCc3cccc(C)c3)c2C)cc1. The lowest BCUT2D eigenvalue weighted by Crippen LogP contribution is -2.08. The standard InChI is InChI=1S/C19H19N3O3/c1-13-5-4-6-15(11-13)12-25-19(23)18-14(2)22(21-20-18)16-7-9-17(24-3)10-8-16/h4-11H,12H2,1-3H3. The van der Waals surface area contributed by atoms with E-state index in [1.54, 1.807) is 18.7 Å². The molecule has 0 fully saturated rings. The Morgan fingerprint density at radius 2 is 1.88 bits per heavy atom. The zero-order valence-electron chi connectivity index (χ0n) is 14.4. The van der Waals surface area contributed by atoms with Gasteiger partial charge in [0.1, 0.15) is 12.4 Å². The predicted molar refractivity (Wildman–Crippen MR) is 92.9 cm³/mol. The van der Waals surface area contributed by atoms with Crippen molar-refractivity contribution >= 4 is 5.97 Å². The van der Waals surface area contributed by atoms with Gasteiger partial charge in [-0.3, -0.25) is 0 Å². The van der Waals surface area contributed by atoms with Crippen molar-refractivity contribution in [3.63, 3.8) is 0 Å². The van der Waals surface area contributed by atoms with Crippen molar-refractivity contribution in [1.82, 2.24) is 15.0 Å². The normalized spacial score (nSPS) is 10.5. The molecule has 25 heavy (non-hydrogen) atoms. The Bertz CT molecular complexity index is 885. The maximum Gasteiger partial charge on any atom is 0.361 e. The molecule has 0 radical (unpaired) electrons. The van der Waals surface area contributed by atoms with E-state index in [2.05, 4.69) is 10.3 Å². The molecule has 1 heterocycles. The molecular formula is C19H19N3O3. The second kappa shape index (κ2) is 7.17. The fourth-order valence-corrected chi connectivity index (χ4v) is 2.51. The van der Waals surface area contributed by atoms with Crippen LogP contribution in [0, 0.1) is 13.8 Å². The number of hydrogen-bond donors (Lipinski definition) is 0. The smallest absolute Gasteiger partial charge is 0.361 e. The average molecular weight is 337 g/mol. The van der Waals surface area contributed by atoms with Crippen molar-refractivity contribution in [2.45, 2.75) is 20.5 Å². The fourth-order valence-electron chi connectivity index (χ4n) is 2.51. The van der Waals surface area contributed by atoms with E-state index < -0.39 is 5.97 Å². The molecule has 0 saturated heterocycles. The number of rotatable bonds is 5. The van der Waals surface area contributed by atoms with E-state index in [0.717, 1.165) is 22.6 Å². The van der Waals surface area contributed by atoms with E-state index in [1.807, 2.05) is 55.5 Å². The lowest BCUT2D eigenvalue weighted by molar-refractivity contribution is 0.0464. The summed E-state index contributed by atoms with van der Waals surface area (Å²) >= 11 is 0. The van der Waals surface area contributed by atoms with E-state index in [4.69, 9.17) is 9.47 Å². The first-order chi connectivity index (χ1) is 12.1. The van der Waals surface area contributed by atoms with Crippen LogP contribution in [0.5, 0.6) is 5.75 Å². The first-order valence-corrected chi connectivity index (χ1v) is 7.88. The molecule has 0 N–H and O–H groups in total. The lowest BCUT2D eigenvalue weighted by atomic mass is 10.1. The van der Waals surface area contributed by atoms with Crippen LogP contribution in [0.25, 0.3) is 5.69 Å². The molecule has 0 unspecified atom stereocenters. The summed E-state index contributed by atoms with van der Waals surface area (Å²) in [6.07, 6.45) is 0. The molecule has 0 amide bonds. The quantitative estimate of drug-likeness (QED) is 0.669. The third-order valence-corrected chi connectivity index (χ3v) is 3.86. The topological polar surface area (TPSA) is 66.2 Å². The molecule has 0 aliphatic heterocycles.